The minimum Gasteiger partial charge on any atom is -0.487 e. The Morgan fingerprint density at radius 1 is 1.73 bits per heavy atom. The van der Waals surface area contributed by atoms with Crippen LogP contribution >= 0.6 is 34.2 Å². The molecule has 1 aromatic heterocycles. The predicted molar refractivity (Wildman–Crippen MR) is 64.2 cm³/mol. The molecule has 4 nitrogen and oxygen atoms in total. The Bertz CT molecular complexity index is 395. The van der Waals surface area contributed by atoms with Crippen LogP contribution in [0.1, 0.15) is 0 Å². The van der Waals surface area contributed by atoms with Gasteiger partial charge in [0.2, 0.25) is 0 Å². The SMILES string of the molecule is O=C(O)C=CCOc1cc(Cl)cnc1I. The molecule has 0 saturated carbocycles. The molecule has 0 aromatic carbocycles. The Morgan fingerprint density at radius 2 is 2.47 bits per heavy atom. The van der Waals surface area contributed by atoms with Crippen LogP contribution in [0.2, 0.25) is 5.02 Å². The van der Waals surface area contributed by atoms with Crippen LogP contribution in [0.25, 0.3) is 0 Å². The zero-order valence-electron chi connectivity index (χ0n) is 7.48. The van der Waals surface area contributed by atoms with Gasteiger partial charge in [0.1, 0.15) is 10.3 Å². The summed E-state index contributed by atoms with van der Waals surface area (Å²) in [5, 5.41) is 8.81. The lowest BCUT2D eigenvalue weighted by molar-refractivity contribution is -0.131. The molecule has 0 aliphatic carbocycles. The Balaban J connectivity index is 2.57. The molecule has 0 radical (unpaired) electrons. The van der Waals surface area contributed by atoms with Crippen LogP contribution in [0.4, 0.5) is 0 Å². The number of rotatable bonds is 4. The van der Waals surface area contributed by atoms with Gasteiger partial charge in [0.05, 0.1) is 5.02 Å². The molecule has 0 atom stereocenters. The maximum absolute atomic E-state index is 10.2. The van der Waals surface area contributed by atoms with Crippen molar-refractivity contribution in [2.75, 3.05) is 6.61 Å². The van der Waals surface area contributed by atoms with E-state index in [0.29, 0.717) is 14.5 Å². The summed E-state index contributed by atoms with van der Waals surface area (Å²) in [7, 11) is 0. The van der Waals surface area contributed by atoms with Gasteiger partial charge >= 0.3 is 5.97 Å². The van der Waals surface area contributed by atoms with Gasteiger partial charge in [-0.1, -0.05) is 11.6 Å². The van der Waals surface area contributed by atoms with Crippen molar-refractivity contribution in [1.82, 2.24) is 4.98 Å². The molecule has 0 amide bonds. The molecule has 0 unspecified atom stereocenters. The van der Waals surface area contributed by atoms with E-state index in [1.54, 1.807) is 6.07 Å². The molecule has 1 heterocycles. The third kappa shape index (κ3) is 4.48. The minimum absolute atomic E-state index is 0.171. The summed E-state index contributed by atoms with van der Waals surface area (Å²) >= 11 is 7.73. The molecule has 1 rings (SSSR count). The van der Waals surface area contributed by atoms with Crippen LogP contribution in [0.5, 0.6) is 5.75 Å². The molecule has 80 valence electrons. The lowest BCUT2D eigenvalue weighted by Gasteiger charge is -2.04. The number of aromatic nitrogens is 1. The molecule has 0 saturated heterocycles. The first kappa shape index (κ1) is 12.3. The van der Waals surface area contributed by atoms with Gasteiger partial charge in [0, 0.05) is 18.3 Å². The van der Waals surface area contributed by atoms with Crippen LogP contribution in [-0.2, 0) is 4.79 Å². The summed E-state index contributed by atoms with van der Waals surface area (Å²) in [5.74, 6) is -0.462. The van der Waals surface area contributed by atoms with E-state index in [1.807, 2.05) is 22.6 Å². The number of ether oxygens (including phenoxy) is 1. The van der Waals surface area contributed by atoms with Crippen LogP contribution in [0, 0.1) is 3.70 Å². The highest BCUT2D eigenvalue weighted by Gasteiger charge is 2.02. The number of carboxylic acids is 1. The fraction of sp³-hybridized carbons (Fsp3) is 0.111. The normalized spacial score (nSPS) is 10.5. The van der Waals surface area contributed by atoms with E-state index >= 15 is 0 Å². The number of aliphatic carboxylic acids is 1. The maximum Gasteiger partial charge on any atom is 0.328 e. The van der Waals surface area contributed by atoms with Crippen molar-refractivity contribution in [3.8, 4) is 5.75 Å². The van der Waals surface area contributed by atoms with Gasteiger partial charge in [-0.25, -0.2) is 9.78 Å². The number of nitrogens with zero attached hydrogens (tertiary/aromatic N) is 1. The number of carbonyl (C=O) groups is 1. The standard InChI is InChI=1S/C9H7ClINO3/c10-6-4-7(9(11)12-5-6)15-3-1-2-8(13)14/h1-2,4-5H,3H2,(H,13,14). The van der Waals surface area contributed by atoms with E-state index in [-0.39, 0.29) is 6.61 Å². The van der Waals surface area contributed by atoms with Crippen molar-refractivity contribution in [3.05, 3.63) is 33.1 Å². The Kier molecular flexibility index (Phi) is 4.83. The summed E-state index contributed by atoms with van der Waals surface area (Å²) < 4.78 is 5.94. The molecule has 15 heavy (non-hydrogen) atoms. The summed E-state index contributed by atoms with van der Waals surface area (Å²) in [4.78, 5) is 14.1. The fourth-order valence-electron chi connectivity index (χ4n) is 0.792. The smallest absolute Gasteiger partial charge is 0.328 e. The highest BCUT2D eigenvalue weighted by Crippen LogP contribution is 2.22. The lowest BCUT2D eigenvalue weighted by Crippen LogP contribution is -1.98. The van der Waals surface area contributed by atoms with Crippen molar-refractivity contribution < 1.29 is 14.6 Å². The number of halogens is 2. The zero-order chi connectivity index (χ0) is 11.3. The number of pyridine rings is 1. The van der Waals surface area contributed by atoms with Crippen molar-refractivity contribution in [1.29, 1.82) is 0 Å². The van der Waals surface area contributed by atoms with E-state index in [9.17, 15) is 4.79 Å². The topological polar surface area (TPSA) is 59.4 Å². The van der Waals surface area contributed by atoms with Gasteiger partial charge in [-0.3, -0.25) is 0 Å². The summed E-state index contributed by atoms with van der Waals surface area (Å²) in [6, 6.07) is 1.63. The van der Waals surface area contributed by atoms with Crippen molar-refractivity contribution >= 4 is 40.2 Å². The second kappa shape index (κ2) is 5.92. The molecule has 0 fully saturated rings. The average molecular weight is 340 g/mol. The zero-order valence-corrected chi connectivity index (χ0v) is 10.4. The molecule has 0 bridgehead atoms. The first-order chi connectivity index (χ1) is 7.09. The van der Waals surface area contributed by atoms with E-state index < -0.39 is 5.97 Å². The summed E-state index contributed by atoms with van der Waals surface area (Å²) in [6.07, 6.45) is 3.94. The molecule has 0 aliphatic heterocycles. The maximum atomic E-state index is 10.2. The Hall–Kier alpha value is -0.820. The van der Waals surface area contributed by atoms with Gasteiger partial charge in [0.25, 0.3) is 0 Å². The van der Waals surface area contributed by atoms with Crippen molar-refractivity contribution in [2.24, 2.45) is 0 Å². The second-order valence-electron chi connectivity index (χ2n) is 2.49. The van der Waals surface area contributed by atoms with Crippen LogP contribution < -0.4 is 4.74 Å². The van der Waals surface area contributed by atoms with E-state index in [4.69, 9.17) is 21.4 Å². The van der Waals surface area contributed by atoms with Crippen LogP contribution in [0.3, 0.4) is 0 Å². The predicted octanol–water partition coefficient (Wildman–Crippen LogP) is 2.36. The molecule has 1 aromatic rings. The minimum atomic E-state index is -1.00. The van der Waals surface area contributed by atoms with Crippen molar-refractivity contribution in [2.45, 2.75) is 0 Å². The molecular formula is C9H7ClINO3. The summed E-state index contributed by atoms with van der Waals surface area (Å²) in [5.41, 5.74) is 0. The van der Waals surface area contributed by atoms with Gasteiger partial charge in [0.15, 0.2) is 5.75 Å². The van der Waals surface area contributed by atoms with Gasteiger partial charge < -0.3 is 9.84 Å². The third-order valence-corrected chi connectivity index (χ3v) is 2.39. The Labute approximate surface area is 105 Å². The van der Waals surface area contributed by atoms with Gasteiger partial charge in [-0.2, -0.15) is 0 Å². The number of hydrogen-bond donors (Lipinski definition) is 1. The first-order valence-electron chi connectivity index (χ1n) is 3.93. The van der Waals surface area contributed by atoms with E-state index in [0.717, 1.165) is 6.08 Å². The largest absolute Gasteiger partial charge is 0.487 e. The van der Waals surface area contributed by atoms with Crippen LogP contribution in [-0.4, -0.2) is 22.7 Å². The fourth-order valence-corrected chi connectivity index (χ4v) is 1.39. The first-order valence-corrected chi connectivity index (χ1v) is 5.38. The lowest BCUT2D eigenvalue weighted by atomic mass is 10.4. The number of carboxylic acid groups (broad SMARTS) is 1. The van der Waals surface area contributed by atoms with Crippen molar-refractivity contribution in [3.63, 3.8) is 0 Å². The summed E-state index contributed by atoms with van der Waals surface area (Å²) in [6.45, 7) is 0.171. The second-order valence-corrected chi connectivity index (χ2v) is 3.95. The highest BCUT2D eigenvalue weighted by atomic mass is 127. The Morgan fingerprint density at radius 3 is 3.13 bits per heavy atom. The molecule has 1 N–H and O–H groups in total. The molecule has 0 aliphatic rings. The monoisotopic (exact) mass is 339 g/mol. The number of hydrogen-bond acceptors (Lipinski definition) is 3. The van der Waals surface area contributed by atoms with Crippen LogP contribution in [0.15, 0.2) is 24.4 Å². The van der Waals surface area contributed by atoms with Gasteiger partial charge in [-0.15, -0.1) is 0 Å². The molecule has 6 heteroatoms. The molecular weight excluding hydrogens is 332 g/mol. The van der Waals surface area contributed by atoms with E-state index in [1.165, 1.54) is 12.3 Å². The third-order valence-electron chi connectivity index (χ3n) is 1.37. The van der Waals surface area contributed by atoms with Gasteiger partial charge in [-0.05, 0) is 28.7 Å². The highest BCUT2D eigenvalue weighted by molar-refractivity contribution is 14.1. The molecule has 0 spiro atoms. The quantitative estimate of drug-likeness (QED) is 0.520. The van der Waals surface area contributed by atoms with E-state index in [2.05, 4.69) is 4.98 Å². The average Bonchev–Trinajstić information content (AvgIpc) is 2.17.